The zero-order valence-electron chi connectivity index (χ0n) is 22.6. The molecule has 34 heavy (non-hydrogen) atoms. The summed E-state index contributed by atoms with van der Waals surface area (Å²) in [5, 5.41) is 10.2. The van der Waals surface area contributed by atoms with Gasteiger partial charge in [-0.05, 0) is 52.4 Å². The van der Waals surface area contributed by atoms with Crippen molar-refractivity contribution in [3.8, 4) is 0 Å². The number of ketones is 1. The van der Waals surface area contributed by atoms with Crippen molar-refractivity contribution in [3.05, 3.63) is 12.2 Å². The van der Waals surface area contributed by atoms with Gasteiger partial charge in [0.25, 0.3) is 0 Å². The Kier molecular flexibility index (Phi) is 35.0. The standard InChI is InChI=1S/C18H34O2.C6H10O3.C3H7O.Al/c1-2-3-4-5-6-7-8-9-10-11-12-13-14-15-16-17-18(19)20;1-3-9-6(8)4-5(2)7;1-3(2)4;/h9-10H,2-8,11-17H2,1H3,(H,19,20);3-4H2,1-2H3;3H,1-2H3;/q;;-1;+2/p-1/b10-9-;;;. The maximum atomic E-state index is 10.4. The molecule has 6 nitrogen and oxygen atoms in total. The number of carbonyl (C=O) groups is 3. The van der Waals surface area contributed by atoms with Crippen LogP contribution < -0.4 is 5.11 Å². The summed E-state index contributed by atoms with van der Waals surface area (Å²) in [4.78, 5) is 30.9. The second-order valence-corrected chi connectivity index (χ2v) is 8.85. The van der Waals surface area contributed by atoms with Gasteiger partial charge >= 0.3 is 46.3 Å². The fourth-order valence-electron chi connectivity index (χ4n) is 2.76. The Morgan fingerprint density at radius 3 is 1.65 bits per heavy atom. The largest absolute Gasteiger partial charge is 0.550 e. The molecule has 0 bridgehead atoms. The Morgan fingerprint density at radius 1 is 0.824 bits per heavy atom. The van der Waals surface area contributed by atoms with E-state index >= 15 is 0 Å². The second-order valence-electron chi connectivity index (χ2n) is 8.57. The van der Waals surface area contributed by atoms with Gasteiger partial charge in [0, 0.05) is 5.97 Å². The number of carbonyl (C=O) groups excluding carboxylic acids is 3. The Hall–Kier alpha value is -1.16. The fourth-order valence-corrected chi connectivity index (χ4v) is 2.76. The number of ether oxygens (including phenoxy) is 1. The molecule has 0 saturated carbocycles. The third-order valence-electron chi connectivity index (χ3n) is 4.61. The van der Waals surface area contributed by atoms with Gasteiger partial charge in [-0.15, -0.1) is 0 Å². The summed E-state index contributed by atoms with van der Waals surface area (Å²) in [6.07, 6.45) is 21.1. The van der Waals surface area contributed by atoms with Gasteiger partial charge in [-0.1, -0.05) is 70.4 Å². The van der Waals surface area contributed by atoms with E-state index in [0.717, 1.165) is 19.3 Å². The Bertz CT molecular complexity index is 492. The molecule has 0 aliphatic rings. The molecule has 1 radical (unpaired) electrons. The van der Waals surface area contributed by atoms with Gasteiger partial charge in [-0.25, -0.2) is 0 Å². The molecule has 7 heteroatoms. The van der Waals surface area contributed by atoms with Crippen molar-refractivity contribution >= 4 is 34.3 Å². The van der Waals surface area contributed by atoms with E-state index in [1.54, 1.807) is 6.92 Å². The average molecular weight is 498 g/mol. The summed E-state index contributed by atoms with van der Waals surface area (Å²) < 4.78 is 9.16. The molecular formula is C27H50AlO6. The quantitative estimate of drug-likeness (QED) is 0.0736. The minimum atomic E-state index is -0.914. The van der Waals surface area contributed by atoms with Gasteiger partial charge in [0.1, 0.15) is 12.2 Å². The van der Waals surface area contributed by atoms with Crippen LogP contribution in [0.2, 0.25) is 0 Å². The van der Waals surface area contributed by atoms with Crippen LogP contribution in [-0.2, 0) is 22.9 Å². The third-order valence-corrected chi connectivity index (χ3v) is 5.16. The van der Waals surface area contributed by atoms with Crippen LogP contribution >= 0.6 is 0 Å². The summed E-state index contributed by atoms with van der Waals surface area (Å²) >= 11 is 2.19. The van der Waals surface area contributed by atoms with Crippen molar-refractivity contribution in [3.63, 3.8) is 0 Å². The zero-order valence-corrected chi connectivity index (χ0v) is 23.7. The van der Waals surface area contributed by atoms with Crippen molar-refractivity contribution in [2.75, 3.05) is 6.61 Å². The monoisotopic (exact) mass is 497 g/mol. The normalized spacial score (nSPS) is 10.3. The van der Waals surface area contributed by atoms with Gasteiger partial charge in [0.15, 0.2) is 0 Å². The number of esters is 1. The summed E-state index contributed by atoms with van der Waals surface area (Å²) in [5.41, 5.74) is 0. The molecule has 0 amide bonds. The van der Waals surface area contributed by atoms with Gasteiger partial charge < -0.3 is 14.6 Å². The van der Waals surface area contributed by atoms with E-state index in [4.69, 9.17) is 0 Å². The molecule has 0 rings (SSSR count). The van der Waals surface area contributed by atoms with Gasteiger partial charge in [0.2, 0.25) is 0 Å². The fraction of sp³-hybridized carbons (Fsp3) is 0.815. The first-order valence-electron chi connectivity index (χ1n) is 13.1. The smallest absolute Gasteiger partial charge is 0.313 e. The summed E-state index contributed by atoms with van der Waals surface area (Å²) in [6, 6.07) is 0. The number of hydrogen-bond acceptors (Lipinski definition) is 6. The molecule has 0 aliphatic carbocycles. The molecule has 0 aromatic rings. The van der Waals surface area contributed by atoms with E-state index in [2.05, 4.69) is 44.2 Å². The van der Waals surface area contributed by atoms with E-state index < -0.39 is 11.9 Å². The molecule has 0 aromatic carbocycles. The molecule has 0 unspecified atom stereocenters. The molecule has 0 atom stereocenters. The Labute approximate surface area is 218 Å². The first kappa shape index (κ1) is 37.4. The van der Waals surface area contributed by atoms with Crippen molar-refractivity contribution in [2.45, 2.75) is 137 Å². The maximum Gasteiger partial charge on any atom is 0.313 e. The minimum absolute atomic E-state index is 0.103. The molecule has 0 N–H and O–H groups in total. The molecule has 0 heterocycles. The number of aliphatic carboxylic acids is 1. The number of carboxylic acid groups (broad SMARTS) is 1. The van der Waals surface area contributed by atoms with Crippen molar-refractivity contribution < 1.29 is 28.0 Å². The van der Waals surface area contributed by atoms with Gasteiger partial charge in [-0.2, -0.15) is 0 Å². The number of unbranched alkanes of at least 4 members (excludes halogenated alkanes) is 11. The van der Waals surface area contributed by atoms with Crippen LogP contribution in [0, 0.1) is 0 Å². The van der Waals surface area contributed by atoms with E-state index in [1.807, 2.05) is 13.8 Å². The number of hydrogen-bond donors (Lipinski definition) is 0. The second kappa shape index (κ2) is 31.8. The topological polar surface area (TPSA) is 92.7 Å². The van der Waals surface area contributed by atoms with Crippen LogP contribution in [0.3, 0.4) is 0 Å². The van der Waals surface area contributed by atoms with Crippen molar-refractivity contribution in [2.24, 2.45) is 0 Å². The molecule has 0 aromatic heterocycles. The molecular weight excluding hydrogens is 447 g/mol. The zero-order chi connectivity index (χ0) is 26.5. The molecule has 0 saturated heterocycles. The van der Waals surface area contributed by atoms with Crippen molar-refractivity contribution in [1.82, 2.24) is 0 Å². The minimum Gasteiger partial charge on any atom is -0.550 e. The number of rotatable bonds is 19. The average Bonchev–Trinajstić information content (AvgIpc) is 2.76. The Balaban J connectivity index is -0.000000563. The summed E-state index contributed by atoms with van der Waals surface area (Å²) in [5.74, 6) is -1.51. The Morgan fingerprint density at radius 2 is 1.26 bits per heavy atom. The predicted molar refractivity (Wildman–Crippen MR) is 138 cm³/mol. The first-order chi connectivity index (χ1) is 16.2. The SMILES string of the molecule is CC(C)[O][Al+].CCCCCCCC/C=C\CCCCCCCC(=O)[O-].CCOC(=O)CC(C)=O. The molecule has 0 fully saturated rings. The van der Waals surface area contributed by atoms with E-state index in [0.29, 0.717) is 12.7 Å². The van der Waals surface area contributed by atoms with Crippen LogP contribution in [0.25, 0.3) is 0 Å². The summed E-state index contributed by atoms with van der Waals surface area (Å²) in [6.45, 7) is 9.62. The predicted octanol–water partition coefficient (Wildman–Crippen LogP) is 5.80. The molecule has 0 aliphatic heterocycles. The third kappa shape index (κ3) is 44.5. The first-order valence-corrected chi connectivity index (χ1v) is 13.5. The maximum absolute atomic E-state index is 10.4. The van der Waals surface area contributed by atoms with Crippen LogP contribution in [0.1, 0.15) is 131 Å². The van der Waals surface area contributed by atoms with E-state index in [9.17, 15) is 19.5 Å². The van der Waals surface area contributed by atoms with Crippen molar-refractivity contribution in [1.29, 1.82) is 0 Å². The van der Waals surface area contributed by atoms with E-state index in [1.165, 1.54) is 71.1 Å². The summed E-state index contributed by atoms with van der Waals surface area (Å²) in [7, 11) is 0. The van der Waals surface area contributed by atoms with Crippen LogP contribution in [0.4, 0.5) is 0 Å². The van der Waals surface area contributed by atoms with Crippen LogP contribution in [0.5, 0.6) is 0 Å². The van der Waals surface area contributed by atoms with Gasteiger partial charge in [-0.3, -0.25) is 9.59 Å². The number of Topliss-reactive ketones (excluding diaryl/α,β-unsaturated/α-hetero) is 1. The van der Waals surface area contributed by atoms with Crippen LogP contribution in [0.15, 0.2) is 12.2 Å². The van der Waals surface area contributed by atoms with Crippen LogP contribution in [-0.4, -0.2) is 47.1 Å². The van der Waals surface area contributed by atoms with Gasteiger partial charge in [0.05, 0.1) is 6.61 Å². The number of allylic oxidation sites excluding steroid dienone is 2. The molecule has 197 valence electrons. The number of carboxylic acids is 1. The van der Waals surface area contributed by atoms with E-state index in [-0.39, 0.29) is 18.6 Å². The molecule has 0 spiro atoms.